The van der Waals surface area contributed by atoms with E-state index in [1.807, 2.05) is 6.92 Å². The summed E-state index contributed by atoms with van der Waals surface area (Å²) in [6, 6.07) is 1.39. The third-order valence-corrected chi connectivity index (χ3v) is 2.70. The monoisotopic (exact) mass is 251 g/mol. The van der Waals surface area contributed by atoms with Crippen LogP contribution < -0.4 is 0 Å². The van der Waals surface area contributed by atoms with Gasteiger partial charge in [0.1, 0.15) is 17.3 Å². The molecule has 88 valence electrons. The van der Waals surface area contributed by atoms with E-state index in [9.17, 15) is 4.39 Å². The van der Waals surface area contributed by atoms with Gasteiger partial charge in [-0.05, 0) is 12.5 Å². The van der Waals surface area contributed by atoms with Gasteiger partial charge >= 0.3 is 0 Å². The number of halogens is 2. The lowest BCUT2D eigenvalue weighted by Gasteiger charge is -2.08. The average Bonchev–Trinajstić information content (AvgIpc) is 2.32. The summed E-state index contributed by atoms with van der Waals surface area (Å²) in [7, 11) is 0. The van der Waals surface area contributed by atoms with Gasteiger partial charge in [-0.3, -0.25) is 4.98 Å². The van der Waals surface area contributed by atoms with Gasteiger partial charge in [-0.25, -0.2) is 14.4 Å². The molecule has 0 aliphatic rings. The van der Waals surface area contributed by atoms with Crippen LogP contribution in [0.3, 0.4) is 0 Å². The van der Waals surface area contributed by atoms with Gasteiger partial charge in [-0.1, -0.05) is 24.9 Å². The van der Waals surface area contributed by atoms with Crippen LogP contribution >= 0.6 is 11.6 Å². The smallest absolute Gasteiger partial charge is 0.142 e. The molecule has 0 aliphatic carbocycles. The minimum absolute atomic E-state index is 0.389. The molecule has 0 saturated carbocycles. The lowest BCUT2D eigenvalue weighted by molar-refractivity contribution is 0.622. The quantitative estimate of drug-likeness (QED) is 0.786. The molecule has 0 aromatic carbocycles. The van der Waals surface area contributed by atoms with Crippen LogP contribution in [-0.4, -0.2) is 15.0 Å². The van der Waals surface area contributed by atoms with Crippen LogP contribution in [0.5, 0.6) is 0 Å². The number of aromatic nitrogens is 3. The normalized spacial score (nSPS) is 10.5. The molecule has 0 spiro atoms. The molecular weight excluding hydrogens is 241 g/mol. The fourth-order valence-corrected chi connectivity index (χ4v) is 1.88. The highest BCUT2D eigenvalue weighted by molar-refractivity contribution is 6.30. The maximum absolute atomic E-state index is 13.1. The van der Waals surface area contributed by atoms with Crippen LogP contribution in [0.15, 0.2) is 24.8 Å². The van der Waals surface area contributed by atoms with Gasteiger partial charge < -0.3 is 0 Å². The van der Waals surface area contributed by atoms with Crippen molar-refractivity contribution >= 4 is 11.6 Å². The summed E-state index contributed by atoms with van der Waals surface area (Å²) >= 11 is 6.03. The average molecular weight is 252 g/mol. The summed E-state index contributed by atoms with van der Waals surface area (Å²) in [6.07, 6.45) is 5.78. The first-order chi connectivity index (χ1) is 8.22. The highest BCUT2D eigenvalue weighted by atomic mass is 35.5. The maximum Gasteiger partial charge on any atom is 0.142 e. The Morgan fingerprint density at radius 1 is 1.29 bits per heavy atom. The Balaban J connectivity index is 2.54. The molecule has 0 radical (unpaired) electrons. The first-order valence-electron chi connectivity index (χ1n) is 5.32. The molecule has 17 heavy (non-hydrogen) atoms. The van der Waals surface area contributed by atoms with Gasteiger partial charge in [0.2, 0.25) is 0 Å². The number of hydrogen-bond acceptors (Lipinski definition) is 3. The fraction of sp³-hybridized carbons (Fsp3) is 0.250. The zero-order valence-corrected chi connectivity index (χ0v) is 10.1. The van der Waals surface area contributed by atoms with Crippen molar-refractivity contribution in [3.05, 3.63) is 41.3 Å². The Hall–Kier alpha value is -1.55. The minimum atomic E-state index is -0.389. The van der Waals surface area contributed by atoms with Crippen molar-refractivity contribution in [2.45, 2.75) is 19.8 Å². The molecule has 5 heteroatoms. The van der Waals surface area contributed by atoms with E-state index < -0.39 is 0 Å². The van der Waals surface area contributed by atoms with Gasteiger partial charge in [-0.15, -0.1) is 0 Å². The van der Waals surface area contributed by atoms with Gasteiger partial charge in [0.15, 0.2) is 0 Å². The Bertz CT molecular complexity index is 531. The number of hydrogen-bond donors (Lipinski definition) is 0. The standard InChI is InChI=1S/C12H11ClFN3/c1-2-3-10-11(16-7-17-12(10)13)8-4-9(14)6-15-5-8/h4-7H,2-3H2,1H3. The van der Waals surface area contributed by atoms with E-state index in [4.69, 9.17) is 11.6 Å². The number of rotatable bonds is 3. The van der Waals surface area contributed by atoms with Crippen molar-refractivity contribution in [1.29, 1.82) is 0 Å². The molecule has 3 nitrogen and oxygen atoms in total. The second-order valence-corrected chi connectivity index (χ2v) is 3.99. The van der Waals surface area contributed by atoms with E-state index in [1.54, 1.807) is 6.20 Å². The Kier molecular flexibility index (Phi) is 3.64. The highest BCUT2D eigenvalue weighted by Gasteiger charge is 2.11. The molecule has 0 fully saturated rings. The predicted octanol–water partition coefficient (Wildman–Crippen LogP) is 3.28. The lowest BCUT2D eigenvalue weighted by atomic mass is 10.1. The van der Waals surface area contributed by atoms with Crippen molar-refractivity contribution in [3.8, 4) is 11.3 Å². The topological polar surface area (TPSA) is 38.7 Å². The predicted molar refractivity (Wildman–Crippen MR) is 64.2 cm³/mol. The molecule has 0 aliphatic heterocycles. The van der Waals surface area contributed by atoms with Crippen LogP contribution in [-0.2, 0) is 6.42 Å². The van der Waals surface area contributed by atoms with Gasteiger partial charge in [0.25, 0.3) is 0 Å². The number of nitrogens with zero attached hydrogens (tertiary/aromatic N) is 3. The van der Waals surface area contributed by atoms with Gasteiger partial charge in [-0.2, -0.15) is 0 Å². The molecule has 0 bridgehead atoms. The van der Waals surface area contributed by atoms with Crippen molar-refractivity contribution in [2.75, 3.05) is 0 Å². The number of pyridine rings is 1. The van der Waals surface area contributed by atoms with E-state index in [-0.39, 0.29) is 5.82 Å². The first kappa shape index (κ1) is 11.9. The molecule has 0 atom stereocenters. The first-order valence-corrected chi connectivity index (χ1v) is 5.70. The zero-order chi connectivity index (χ0) is 12.3. The van der Waals surface area contributed by atoms with Crippen molar-refractivity contribution in [1.82, 2.24) is 15.0 Å². The fourth-order valence-electron chi connectivity index (χ4n) is 1.65. The van der Waals surface area contributed by atoms with Crippen molar-refractivity contribution in [2.24, 2.45) is 0 Å². The SMILES string of the molecule is CCCc1c(Cl)ncnc1-c1cncc(F)c1. The summed E-state index contributed by atoms with van der Waals surface area (Å²) in [4.78, 5) is 11.9. The largest absolute Gasteiger partial charge is 0.261 e. The Morgan fingerprint density at radius 2 is 2.12 bits per heavy atom. The zero-order valence-electron chi connectivity index (χ0n) is 9.32. The van der Waals surface area contributed by atoms with Gasteiger partial charge in [0, 0.05) is 17.3 Å². The van der Waals surface area contributed by atoms with Crippen LogP contribution in [0.2, 0.25) is 5.15 Å². The summed E-state index contributed by atoms with van der Waals surface area (Å²) < 4.78 is 13.1. The molecule has 0 saturated heterocycles. The Morgan fingerprint density at radius 3 is 2.82 bits per heavy atom. The third kappa shape index (κ3) is 2.58. The lowest BCUT2D eigenvalue weighted by Crippen LogP contribution is -1.97. The van der Waals surface area contributed by atoms with Crippen molar-refractivity contribution in [3.63, 3.8) is 0 Å². The minimum Gasteiger partial charge on any atom is -0.261 e. The van der Waals surface area contributed by atoms with Gasteiger partial charge in [0.05, 0.1) is 11.9 Å². The summed E-state index contributed by atoms with van der Waals surface area (Å²) in [6.45, 7) is 2.04. The molecule has 2 heterocycles. The maximum atomic E-state index is 13.1. The molecule has 2 aromatic rings. The second-order valence-electron chi connectivity index (χ2n) is 3.63. The van der Waals surface area contributed by atoms with E-state index in [0.29, 0.717) is 16.4 Å². The van der Waals surface area contributed by atoms with E-state index in [1.165, 1.54) is 12.4 Å². The summed E-state index contributed by atoms with van der Waals surface area (Å²) in [5, 5.41) is 0.418. The molecule has 2 aromatic heterocycles. The Labute approximate surface area is 104 Å². The highest BCUT2D eigenvalue weighted by Crippen LogP contribution is 2.26. The summed E-state index contributed by atoms with van der Waals surface area (Å²) in [5.41, 5.74) is 2.11. The molecule has 0 unspecified atom stereocenters. The van der Waals surface area contributed by atoms with E-state index in [0.717, 1.165) is 24.6 Å². The third-order valence-electron chi connectivity index (χ3n) is 2.37. The van der Waals surface area contributed by atoms with Crippen LogP contribution in [0.1, 0.15) is 18.9 Å². The van der Waals surface area contributed by atoms with Crippen LogP contribution in [0.25, 0.3) is 11.3 Å². The molecule has 0 N–H and O–H groups in total. The van der Waals surface area contributed by atoms with E-state index in [2.05, 4.69) is 15.0 Å². The van der Waals surface area contributed by atoms with Crippen LogP contribution in [0, 0.1) is 5.82 Å². The molecule has 0 amide bonds. The van der Waals surface area contributed by atoms with Crippen molar-refractivity contribution < 1.29 is 4.39 Å². The van der Waals surface area contributed by atoms with Crippen LogP contribution in [0.4, 0.5) is 4.39 Å². The molecule has 2 rings (SSSR count). The molecular formula is C12H11ClFN3. The summed E-state index contributed by atoms with van der Waals surface area (Å²) in [5.74, 6) is -0.389. The van der Waals surface area contributed by atoms with E-state index >= 15 is 0 Å². The second kappa shape index (κ2) is 5.19.